The van der Waals surface area contributed by atoms with Crippen LogP contribution >= 0.6 is 0 Å². The Balaban J connectivity index is 4.63. The molecule has 0 bridgehead atoms. The van der Waals surface area contributed by atoms with Gasteiger partial charge in [0.25, 0.3) is 0 Å². The van der Waals surface area contributed by atoms with Crippen molar-refractivity contribution in [3.63, 3.8) is 0 Å². The first kappa shape index (κ1) is 10.1. The Bertz CT molecular complexity index is 220. The third kappa shape index (κ3) is 3.71. The molecular weight excluding hydrogens is 141 g/mol. The summed E-state index contributed by atoms with van der Waals surface area (Å²) in [6, 6.07) is 0. The van der Waals surface area contributed by atoms with Gasteiger partial charge in [0.1, 0.15) is 5.83 Å². The fourth-order valence-electron chi connectivity index (χ4n) is 0.619. The van der Waals surface area contributed by atoms with Gasteiger partial charge in [-0.25, -0.2) is 4.39 Å². The standard InChI is InChI=1S/C9H14FN/c1-6(2)11-9(5)7(3)8(4)10/h1H2,2-5H3/b8-7+,11-9-. The van der Waals surface area contributed by atoms with Crippen LogP contribution in [0.15, 0.2) is 28.7 Å². The van der Waals surface area contributed by atoms with Crippen molar-refractivity contribution >= 4 is 5.71 Å². The molecule has 0 aromatic rings. The van der Waals surface area contributed by atoms with Gasteiger partial charge in [0.15, 0.2) is 0 Å². The van der Waals surface area contributed by atoms with E-state index in [9.17, 15) is 4.39 Å². The fraction of sp³-hybridized carbons (Fsp3) is 0.444. The molecule has 62 valence electrons. The summed E-state index contributed by atoms with van der Waals surface area (Å²) >= 11 is 0. The molecule has 0 saturated carbocycles. The third-order valence-electron chi connectivity index (χ3n) is 1.42. The Morgan fingerprint density at radius 2 is 1.64 bits per heavy atom. The molecule has 0 atom stereocenters. The van der Waals surface area contributed by atoms with E-state index < -0.39 is 0 Å². The largest absolute Gasteiger partial charge is 0.259 e. The molecule has 0 aromatic heterocycles. The molecule has 0 amide bonds. The third-order valence-corrected chi connectivity index (χ3v) is 1.42. The average molecular weight is 155 g/mol. The van der Waals surface area contributed by atoms with E-state index in [0.717, 1.165) is 0 Å². The first-order valence-electron chi connectivity index (χ1n) is 3.49. The van der Waals surface area contributed by atoms with E-state index in [1.807, 2.05) is 0 Å². The fourth-order valence-corrected chi connectivity index (χ4v) is 0.619. The van der Waals surface area contributed by atoms with Crippen molar-refractivity contribution < 1.29 is 4.39 Å². The molecule has 0 radical (unpaired) electrons. The molecule has 2 heteroatoms. The minimum absolute atomic E-state index is 0.187. The number of hydrogen-bond acceptors (Lipinski definition) is 1. The lowest BCUT2D eigenvalue weighted by atomic mass is 10.2. The van der Waals surface area contributed by atoms with Crippen LogP contribution in [0.2, 0.25) is 0 Å². The Morgan fingerprint density at radius 1 is 1.18 bits per heavy atom. The van der Waals surface area contributed by atoms with E-state index in [1.54, 1.807) is 20.8 Å². The maximum atomic E-state index is 12.6. The van der Waals surface area contributed by atoms with E-state index in [1.165, 1.54) is 6.92 Å². The maximum absolute atomic E-state index is 12.6. The molecule has 0 aliphatic rings. The second-order valence-corrected chi connectivity index (χ2v) is 2.59. The summed E-state index contributed by atoms with van der Waals surface area (Å²) in [7, 11) is 0. The predicted molar refractivity (Wildman–Crippen MR) is 47.4 cm³/mol. The van der Waals surface area contributed by atoms with Gasteiger partial charge in [-0.2, -0.15) is 0 Å². The van der Waals surface area contributed by atoms with Gasteiger partial charge in [-0.05, 0) is 27.7 Å². The quantitative estimate of drug-likeness (QED) is 0.543. The number of rotatable bonds is 2. The number of hydrogen-bond donors (Lipinski definition) is 0. The zero-order chi connectivity index (χ0) is 9.02. The summed E-state index contributed by atoms with van der Waals surface area (Å²) in [6.07, 6.45) is 0. The lowest BCUT2D eigenvalue weighted by Gasteiger charge is -1.99. The first-order valence-corrected chi connectivity index (χ1v) is 3.49. The van der Waals surface area contributed by atoms with E-state index in [4.69, 9.17) is 0 Å². The molecule has 0 spiro atoms. The van der Waals surface area contributed by atoms with Gasteiger partial charge >= 0.3 is 0 Å². The van der Waals surface area contributed by atoms with Crippen molar-refractivity contribution in [3.05, 3.63) is 23.7 Å². The molecular formula is C9H14FN. The van der Waals surface area contributed by atoms with Crippen molar-refractivity contribution in [2.75, 3.05) is 0 Å². The van der Waals surface area contributed by atoms with E-state index in [-0.39, 0.29) is 5.83 Å². The molecule has 0 heterocycles. The maximum Gasteiger partial charge on any atom is 0.102 e. The number of halogens is 1. The highest BCUT2D eigenvalue weighted by atomic mass is 19.1. The van der Waals surface area contributed by atoms with Crippen molar-refractivity contribution in [2.24, 2.45) is 4.99 Å². The van der Waals surface area contributed by atoms with Gasteiger partial charge < -0.3 is 0 Å². The smallest absolute Gasteiger partial charge is 0.102 e. The Hall–Kier alpha value is -0.920. The van der Waals surface area contributed by atoms with Crippen molar-refractivity contribution in [1.29, 1.82) is 0 Å². The summed E-state index contributed by atoms with van der Waals surface area (Å²) in [5, 5.41) is 0. The molecule has 1 nitrogen and oxygen atoms in total. The SMILES string of the molecule is C=C(C)/N=C(C)\C(C)=C(/C)F. The molecule has 0 fully saturated rings. The lowest BCUT2D eigenvalue weighted by Crippen LogP contribution is -1.94. The highest BCUT2D eigenvalue weighted by Gasteiger charge is 1.98. The van der Waals surface area contributed by atoms with Crippen LogP contribution in [0.4, 0.5) is 4.39 Å². The minimum atomic E-state index is -0.187. The van der Waals surface area contributed by atoms with Crippen LogP contribution in [0.1, 0.15) is 27.7 Å². The zero-order valence-electron chi connectivity index (χ0n) is 7.53. The summed E-state index contributed by atoms with van der Waals surface area (Å²) < 4.78 is 12.6. The Labute approximate surface area is 67.3 Å². The van der Waals surface area contributed by atoms with E-state index in [0.29, 0.717) is 17.0 Å². The summed E-state index contributed by atoms with van der Waals surface area (Å²) in [5.74, 6) is -0.187. The average Bonchev–Trinajstić information content (AvgIpc) is 1.84. The van der Waals surface area contributed by atoms with Gasteiger partial charge in [-0.3, -0.25) is 4.99 Å². The van der Waals surface area contributed by atoms with Crippen LogP contribution in [0, 0.1) is 0 Å². The van der Waals surface area contributed by atoms with Crippen molar-refractivity contribution in [3.8, 4) is 0 Å². The van der Waals surface area contributed by atoms with Crippen molar-refractivity contribution in [2.45, 2.75) is 27.7 Å². The summed E-state index contributed by atoms with van der Waals surface area (Å²) in [5.41, 5.74) is 1.98. The predicted octanol–water partition coefficient (Wildman–Crippen LogP) is 3.24. The second kappa shape index (κ2) is 4.06. The molecule has 0 aromatic carbocycles. The van der Waals surface area contributed by atoms with Crippen LogP contribution in [-0.4, -0.2) is 5.71 Å². The zero-order valence-corrected chi connectivity index (χ0v) is 7.53. The normalized spacial score (nSPS) is 14.5. The number of nitrogens with zero attached hydrogens (tertiary/aromatic N) is 1. The molecule has 0 saturated heterocycles. The second-order valence-electron chi connectivity index (χ2n) is 2.59. The molecule has 0 aliphatic carbocycles. The van der Waals surface area contributed by atoms with Crippen LogP contribution in [0.3, 0.4) is 0 Å². The molecule has 0 N–H and O–H groups in total. The number of aliphatic imine (C=N–C) groups is 1. The van der Waals surface area contributed by atoms with Gasteiger partial charge in [0.2, 0.25) is 0 Å². The van der Waals surface area contributed by atoms with Crippen LogP contribution < -0.4 is 0 Å². The molecule has 11 heavy (non-hydrogen) atoms. The van der Waals surface area contributed by atoms with Crippen LogP contribution in [-0.2, 0) is 0 Å². The molecule has 0 rings (SSSR count). The Kier molecular flexibility index (Phi) is 3.72. The van der Waals surface area contributed by atoms with Crippen LogP contribution in [0.5, 0.6) is 0 Å². The molecule has 0 aliphatic heterocycles. The Morgan fingerprint density at radius 3 is 1.91 bits per heavy atom. The van der Waals surface area contributed by atoms with Gasteiger partial charge in [0, 0.05) is 17.0 Å². The number of allylic oxidation sites excluding steroid dienone is 3. The minimum Gasteiger partial charge on any atom is -0.259 e. The lowest BCUT2D eigenvalue weighted by molar-refractivity contribution is 0.633. The van der Waals surface area contributed by atoms with Gasteiger partial charge in [0.05, 0.1) is 0 Å². The van der Waals surface area contributed by atoms with Gasteiger partial charge in [-0.1, -0.05) is 6.58 Å². The monoisotopic (exact) mass is 155 g/mol. The molecule has 0 unspecified atom stereocenters. The summed E-state index contributed by atoms with van der Waals surface area (Å²) in [4.78, 5) is 4.02. The van der Waals surface area contributed by atoms with E-state index >= 15 is 0 Å². The summed E-state index contributed by atoms with van der Waals surface area (Å²) in [6.45, 7) is 10.3. The highest BCUT2D eigenvalue weighted by molar-refractivity contribution is 5.98. The first-order chi connectivity index (χ1) is 4.95. The van der Waals surface area contributed by atoms with E-state index in [2.05, 4.69) is 11.6 Å². The van der Waals surface area contributed by atoms with Crippen molar-refractivity contribution in [1.82, 2.24) is 0 Å². The van der Waals surface area contributed by atoms with Crippen LogP contribution in [0.25, 0.3) is 0 Å². The topological polar surface area (TPSA) is 12.4 Å². The van der Waals surface area contributed by atoms with Gasteiger partial charge in [-0.15, -0.1) is 0 Å². The highest BCUT2D eigenvalue weighted by Crippen LogP contribution is 2.07.